The van der Waals surface area contributed by atoms with Gasteiger partial charge in [-0.2, -0.15) is 0 Å². The summed E-state index contributed by atoms with van der Waals surface area (Å²) in [5.74, 6) is -0.313. The van der Waals surface area contributed by atoms with E-state index in [1.807, 2.05) is 11.6 Å². The summed E-state index contributed by atoms with van der Waals surface area (Å²) < 4.78 is 15.2. The van der Waals surface area contributed by atoms with Crippen LogP contribution in [0.25, 0.3) is 0 Å². The first-order chi connectivity index (χ1) is 7.66. The average molecular weight is 240 g/mol. The van der Waals surface area contributed by atoms with Gasteiger partial charge in [-0.05, 0) is 18.2 Å². The summed E-state index contributed by atoms with van der Waals surface area (Å²) in [4.78, 5) is 3.98. The number of benzene rings is 1. The Morgan fingerprint density at radius 2 is 2.31 bits per heavy atom. The monoisotopic (exact) mass is 239 g/mol. The third-order valence-electron chi connectivity index (χ3n) is 2.30. The molecule has 84 valence electrons. The fourth-order valence-electron chi connectivity index (χ4n) is 1.37. The Bertz CT molecular complexity index is 496. The molecule has 3 nitrogen and oxygen atoms in total. The number of aromatic nitrogens is 2. The summed E-state index contributed by atoms with van der Waals surface area (Å²) >= 11 is 5.78. The third-order valence-corrected chi connectivity index (χ3v) is 2.54. The second-order valence-corrected chi connectivity index (χ2v) is 3.91. The number of nitrogens with zero attached hydrogens (tertiary/aromatic N) is 2. The Morgan fingerprint density at radius 3 is 3.00 bits per heavy atom. The van der Waals surface area contributed by atoms with E-state index in [9.17, 15) is 4.39 Å². The topological polar surface area (TPSA) is 29.9 Å². The lowest BCUT2D eigenvalue weighted by molar-refractivity contribution is 0.629. The van der Waals surface area contributed by atoms with Crippen molar-refractivity contribution in [2.24, 2.45) is 7.05 Å². The molecule has 0 aliphatic carbocycles. The second kappa shape index (κ2) is 4.53. The van der Waals surface area contributed by atoms with Gasteiger partial charge in [0.2, 0.25) is 0 Å². The van der Waals surface area contributed by atoms with E-state index >= 15 is 0 Å². The zero-order valence-electron chi connectivity index (χ0n) is 8.74. The van der Waals surface area contributed by atoms with Crippen molar-refractivity contribution < 1.29 is 4.39 Å². The number of halogens is 2. The number of hydrogen-bond donors (Lipinski definition) is 1. The van der Waals surface area contributed by atoms with Crippen LogP contribution in [0.2, 0.25) is 5.02 Å². The van der Waals surface area contributed by atoms with Gasteiger partial charge in [0.1, 0.15) is 5.82 Å². The number of anilines is 1. The highest BCUT2D eigenvalue weighted by Crippen LogP contribution is 2.19. The first kappa shape index (κ1) is 11.0. The van der Waals surface area contributed by atoms with Crippen LogP contribution in [0.4, 0.5) is 10.1 Å². The highest BCUT2D eigenvalue weighted by molar-refractivity contribution is 6.30. The first-order valence-corrected chi connectivity index (χ1v) is 5.19. The van der Waals surface area contributed by atoms with Gasteiger partial charge in [-0.3, -0.25) is 0 Å². The quantitative estimate of drug-likeness (QED) is 0.893. The van der Waals surface area contributed by atoms with E-state index in [0.29, 0.717) is 17.3 Å². The fourth-order valence-corrected chi connectivity index (χ4v) is 1.55. The maximum atomic E-state index is 13.4. The summed E-state index contributed by atoms with van der Waals surface area (Å²) in [7, 11) is 1.89. The van der Waals surface area contributed by atoms with Crippen LogP contribution in [-0.2, 0) is 13.6 Å². The summed E-state index contributed by atoms with van der Waals surface area (Å²) in [6.45, 7) is 0.508. The van der Waals surface area contributed by atoms with E-state index in [2.05, 4.69) is 10.3 Å². The molecule has 0 aliphatic heterocycles. The van der Waals surface area contributed by atoms with Crippen molar-refractivity contribution >= 4 is 17.3 Å². The van der Waals surface area contributed by atoms with Crippen molar-refractivity contribution in [3.05, 3.63) is 47.3 Å². The van der Waals surface area contributed by atoms with Gasteiger partial charge in [0.15, 0.2) is 0 Å². The molecule has 1 aromatic carbocycles. The molecular weight excluding hydrogens is 229 g/mol. The number of rotatable bonds is 3. The minimum atomic E-state index is -0.313. The van der Waals surface area contributed by atoms with Crippen LogP contribution in [0.1, 0.15) is 5.69 Å². The molecule has 1 heterocycles. The molecule has 5 heteroatoms. The molecule has 0 saturated carbocycles. The Hall–Kier alpha value is -1.55. The van der Waals surface area contributed by atoms with Gasteiger partial charge in [-0.15, -0.1) is 0 Å². The Morgan fingerprint density at radius 1 is 1.50 bits per heavy atom. The zero-order valence-corrected chi connectivity index (χ0v) is 9.50. The fraction of sp³-hybridized carbons (Fsp3) is 0.182. The molecule has 2 aromatic rings. The molecule has 0 radical (unpaired) electrons. The van der Waals surface area contributed by atoms with Crippen LogP contribution in [0.3, 0.4) is 0 Å². The van der Waals surface area contributed by atoms with Crippen LogP contribution in [0.15, 0.2) is 30.7 Å². The summed E-state index contributed by atoms with van der Waals surface area (Å²) in [6, 6.07) is 4.42. The third kappa shape index (κ3) is 2.33. The summed E-state index contributed by atoms with van der Waals surface area (Å²) in [6.07, 6.45) is 3.43. The predicted octanol–water partition coefficient (Wildman–Crippen LogP) is 2.82. The molecule has 16 heavy (non-hydrogen) atoms. The molecule has 2 rings (SSSR count). The molecule has 1 aromatic heterocycles. The normalized spacial score (nSPS) is 10.4. The predicted molar refractivity (Wildman–Crippen MR) is 61.9 cm³/mol. The molecule has 0 atom stereocenters. The largest absolute Gasteiger partial charge is 0.377 e. The van der Waals surface area contributed by atoms with E-state index in [1.54, 1.807) is 18.6 Å². The maximum Gasteiger partial charge on any atom is 0.146 e. The molecule has 1 N–H and O–H groups in total. The van der Waals surface area contributed by atoms with Crippen molar-refractivity contribution in [1.82, 2.24) is 9.55 Å². The number of imidazole rings is 1. The van der Waals surface area contributed by atoms with Gasteiger partial charge in [0.25, 0.3) is 0 Å². The lowest BCUT2D eigenvalue weighted by Crippen LogP contribution is -2.05. The maximum absolute atomic E-state index is 13.4. The Kier molecular flexibility index (Phi) is 3.10. The second-order valence-electron chi connectivity index (χ2n) is 3.47. The molecule has 0 bridgehead atoms. The van der Waals surface area contributed by atoms with Gasteiger partial charge in [0, 0.05) is 18.3 Å². The Labute approximate surface area is 97.9 Å². The molecule has 0 unspecified atom stereocenters. The van der Waals surface area contributed by atoms with Gasteiger partial charge in [-0.25, -0.2) is 9.37 Å². The van der Waals surface area contributed by atoms with E-state index in [4.69, 9.17) is 11.6 Å². The lowest BCUT2D eigenvalue weighted by atomic mass is 10.3. The highest BCUT2D eigenvalue weighted by atomic mass is 35.5. The lowest BCUT2D eigenvalue weighted by Gasteiger charge is -2.08. The molecule has 0 amide bonds. The minimum absolute atomic E-state index is 0.313. The van der Waals surface area contributed by atoms with Crippen molar-refractivity contribution in [3.63, 3.8) is 0 Å². The average Bonchev–Trinajstić information content (AvgIpc) is 2.66. The van der Waals surface area contributed by atoms with E-state index in [0.717, 1.165) is 5.69 Å². The number of aryl methyl sites for hydroxylation is 1. The standard InChI is InChI=1S/C11H11ClFN3/c1-16-7-14-5-9(16)6-15-11-4-8(12)2-3-10(11)13/h2-5,7,15H,6H2,1H3. The highest BCUT2D eigenvalue weighted by Gasteiger charge is 2.03. The van der Waals surface area contributed by atoms with Crippen LogP contribution in [0, 0.1) is 5.82 Å². The van der Waals surface area contributed by atoms with Crippen molar-refractivity contribution in [1.29, 1.82) is 0 Å². The molecular formula is C11H11ClFN3. The van der Waals surface area contributed by atoms with Crippen LogP contribution < -0.4 is 5.32 Å². The van der Waals surface area contributed by atoms with Gasteiger partial charge in [0.05, 0.1) is 24.3 Å². The van der Waals surface area contributed by atoms with E-state index < -0.39 is 0 Å². The van der Waals surface area contributed by atoms with Gasteiger partial charge >= 0.3 is 0 Å². The minimum Gasteiger partial charge on any atom is -0.377 e. The van der Waals surface area contributed by atoms with Crippen molar-refractivity contribution in [3.8, 4) is 0 Å². The number of nitrogens with one attached hydrogen (secondary N) is 1. The van der Waals surface area contributed by atoms with E-state index in [1.165, 1.54) is 12.1 Å². The molecule has 0 fully saturated rings. The van der Waals surface area contributed by atoms with Gasteiger partial charge in [-0.1, -0.05) is 11.6 Å². The smallest absolute Gasteiger partial charge is 0.146 e. The van der Waals surface area contributed by atoms with Crippen molar-refractivity contribution in [2.45, 2.75) is 6.54 Å². The molecule has 0 saturated heterocycles. The number of hydrogen-bond acceptors (Lipinski definition) is 2. The van der Waals surface area contributed by atoms with Crippen LogP contribution >= 0.6 is 11.6 Å². The summed E-state index contributed by atoms with van der Waals surface area (Å²) in [5, 5.41) is 3.48. The van der Waals surface area contributed by atoms with Crippen LogP contribution in [-0.4, -0.2) is 9.55 Å². The van der Waals surface area contributed by atoms with Crippen LogP contribution in [0.5, 0.6) is 0 Å². The molecule has 0 aliphatic rings. The molecule has 0 spiro atoms. The zero-order chi connectivity index (χ0) is 11.5. The first-order valence-electron chi connectivity index (χ1n) is 4.81. The van der Waals surface area contributed by atoms with Gasteiger partial charge < -0.3 is 9.88 Å². The SMILES string of the molecule is Cn1cncc1CNc1cc(Cl)ccc1F. The summed E-state index contributed by atoms with van der Waals surface area (Å²) in [5.41, 5.74) is 1.37. The Balaban J connectivity index is 2.10. The van der Waals surface area contributed by atoms with E-state index in [-0.39, 0.29) is 5.82 Å². The van der Waals surface area contributed by atoms with Crippen molar-refractivity contribution in [2.75, 3.05) is 5.32 Å².